The first-order valence-electron chi connectivity index (χ1n) is 12.9. The topological polar surface area (TPSA) is 84.7 Å². The second kappa shape index (κ2) is 10.7. The molecule has 2 fully saturated rings. The first kappa shape index (κ1) is 23.7. The predicted octanol–water partition coefficient (Wildman–Crippen LogP) is 4.12. The lowest BCUT2D eigenvalue weighted by atomic mass is 9.93. The summed E-state index contributed by atoms with van der Waals surface area (Å²) >= 11 is 1.66. The number of ether oxygens (including phenoxy) is 2. The molecule has 2 aromatic carbocycles. The van der Waals surface area contributed by atoms with Crippen LogP contribution in [0.3, 0.4) is 0 Å². The maximum absolute atomic E-state index is 10.3. The van der Waals surface area contributed by atoms with Crippen LogP contribution >= 0.6 is 11.3 Å². The van der Waals surface area contributed by atoms with E-state index in [0.29, 0.717) is 6.61 Å². The molecule has 2 N–H and O–H groups in total. The SMILES string of the molecule is OC1CCCCC1Nc1nc2ccc(Cn3cnc4cc(OCCN5CCOCC5)ccc43)cc2s1. The van der Waals surface area contributed by atoms with Crippen molar-refractivity contribution >= 4 is 37.7 Å². The van der Waals surface area contributed by atoms with Crippen molar-refractivity contribution in [3.8, 4) is 5.75 Å². The molecule has 2 atom stereocenters. The van der Waals surface area contributed by atoms with Gasteiger partial charge in [0, 0.05) is 32.2 Å². The molecule has 2 aliphatic rings. The summed E-state index contributed by atoms with van der Waals surface area (Å²) in [4.78, 5) is 11.7. The average molecular weight is 508 g/mol. The molecule has 8 nitrogen and oxygen atoms in total. The number of nitrogens with one attached hydrogen (secondary N) is 1. The van der Waals surface area contributed by atoms with E-state index in [1.165, 1.54) is 5.56 Å². The fraction of sp³-hybridized carbons (Fsp3) is 0.481. The lowest BCUT2D eigenvalue weighted by molar-refractivity contribution is 0.0322. The smallest absolute Gasteiger partial charge is 0.184 e. The number of morpholine rings is 1. The van der Waals surface area contributed by atoms with E-state index < -0.39 is 0 Å². The third-order valence-corrected chi connectivity index (χ3v) is 8.17. The van der Waals surface area contributed by atoms with Gasteiger partial charge in [-0.3, -0.25) is 4.90 Å². The summed E-state index contributed by atoms with van der Waals surface area (Å²) in [6, 6.07) is 12.7. The summed E-state index contributed by atoms with van der Waals surface area (Å²) in [5, 5.41) is 14.6. The average Bonchev–Trinajstić information content (AvgIpc) is 3.49. The van der Waals surface area contributed by atoms with Crippen LogP contribution in [0.4, 0.5) is 5.13 Å². The normalized spacial score (nSPS) is 21.2. The number of nitrogens with zero attached hydrogens (tertiary/aromatic N) is 4. The summed E-state index contributed by atoms with van der Waals surface area (Å²) in [5.74, 6) is 0.857. The van der Waals surface area contributed by atoms with Gasteiger partial charge in [0.1, 0.15) is 12.4 Å². The van der Waals surface area contributed by atoms with Crippen molar-refractivity contribution in [3.05, 3.63) is 48.3 Å². The van der Waals surface area contributed by atoms with Gasteiger partial charge in [-0.05, 0) is 42.7 Å². The number of anilines is 1. The zero-order chi connectivity index (χ0) is 24.3. The number of fused-ring (bicyclic) bond motifs is 2. The molecule has 4 aromatic rings. The largest absolute Gasteiger partial charge is 0.492 e. The van der Waals surface area contributed by atoms with E-state index >= 15 is 0 Å². The minimum Gasteiger partial charge on any atom is -0.492 e. The molecule has 9 heteroatoms. The Morgan fingerprint density at radius 1 is 1.08 bits per heavy atom. The van der Waals surface area contributed by atoms with Crippen LogP contribution in [0.5, 0.6) is 5.75 Å². The van der Waals surface area contributed by atoms with Crippen LogP contribution in [-0.2, 0) is 11.3 Å². The highest BCUT2D eigenvalue weighted by atomic mass is 32.1. The molecule has 1 saturated carbocycles. The molecule has 2 unspecified atom stereocenters. The minimum atomic E-state index is -0.286. The maximum Gasteiger partial charge on any atom is 0.184 e. The van der Waals surface area contributed by atoms with E-state index in [4.69, 9.17) is 14.5 Å². The van der Waals surface area contributed by atoms with Crippen molar-refractivity contribution in [2.24, 2.45) is 0 Å². The van der Waals surface area contributed by atoms with Crippen molar-refractivity contribution < 1.29 is 14.6 Å². The van der Waals surface area contributed by atoms with Crippen LogP contribution in [0, 0.1) is 0 Å². The van der Waals surface area contributed by atoms with Gasteiger partial charge in [-0.1, -0.05) is 30.2 Å². The fourth-order valence-corrected chi connectivity index (χ4v) is 6.13. The van der Waals surface area contributed by atoms with Gasteiger partial charge in [-0.25, -0.2) is 9.97 Å². The number of hydrogen-bond donors (Lipinski definition) is 2. The molecule has 190 valence electrons. The highest BCUT2D eigenvalue weighted by Gasteiger charge is 2.23. The number of hydrogen-bond acceptors (Lipinski definition) is 8. The van der Waals surface area contributed by atoms with Crippen LogP contribution in [0.25, 0.3) is 21.3 Å². The van der Waals surface area contributed by atoms with Crippen LogP contribution < -0.4 is 10.1 Å². The molecule has 2 aromatic heterocycles. The molecule has 1 aliphatic carbocycles. The Bertz CT molecular complexity index is 1320. The van der Waals surface area contributed by atoms with Crippen molar-refractivity contribution in [2.45, 2.75) is 44.4 Å². The Kier molecular flexibility index (Phi) is 7.05. The fourth-order valence-electron chi connectivity index (χ4n) is 5.14. The van der Waals surface area contributed by atoms with Crippen LogP contribution in [0.15, 0.2) is 42.7 Å². The first-order valence-corrected chi connectivity index (χ1v) is 13.7. The quantitative estimate of drug-likeness (QED) is 0.371. The number of benzene rings is 2. The van der Waals surface area contributed by atoms with E-state index in [-0.39, 0.29) is 12.1 Å². The number of thiazole rings is 1. The number of aliphatic hydroxyl groups excluding tert-OH is 1. The second-order valence-electron chi connectivity index (χ2n) is 9.75. The van der Waals surface area contributed by atoms with Crippen LogP contribution in [0.2, 0.25) is 0 Å². The summed E-state index contributed by atoms with van der Waals surface area (Å²) in [7, 11) is 0. The second-order valence-corrected chi connectivity index (χ2v) is 10.8. The molecule has 0 spiro atoms. The molecule has 0 radical (unpaired) electrons. The van der Waals surface area contributed by atoms with Crippen LogP contribution in [-0.4, -0.2) is 76.1 Å². The third-order valence-electron chi connectivity index (χ3n) is 7.22. The molecule has 36 heavy (non-hydrogen) atoms. The number of rotatable bonds is 8. The van der Waals surface area contributed by atoms with Crippen LogP contribution in [0.1, 0.15) is 31.2 Å². The van der Waals surface area contributed by atoms with E-state index in [1.54, 1.807) is 11.3 Å². The van der Waals surface area contributed by atoms with Gasteiger partial charge in [-0.15, -0.1) is 0 Å². The lowest BCUT2D eigenvalue weighted by Gasteiger charge is -2.27. The van der Waals surface area contributed by atoms with Crippen molar-refractivity contribution in [2.75, 3.05) is 44.8 Å². The van der Waals surface area contributed by atoms with Gasteiger partial charge in [0.2, 0.25) is 0 Å². The van der Waals surface area contributed by atoms with E-state index in [0.717, 1.165) is 97.2 Å². The monoisotopic (exact) mass is 507 g/mol. The van der Waals surface area contributed by atoms with E-state index in [9.17, 15) is 5.11 Å². The Balaban J connectivity index is 1.10. The molecule has 1 aliphatic heterocycles. The number of aromatic nitrogens is 3. The molecular formula is C27H33N5O3S. The number of aliphatic hydroxyl groups is 1. The highest BCUT2D eigenvalue weighted by molar-refractivity contribution is 7.22. The Morgan fingerprint density at radius 3 is 2.86 bits per heavy atom. The summed E-state index contributed by atoms with van der Waals surface area (Å²) < 4.78 is 14.7. The van der Waals surface area contributed by atoms with Gasteiger partial charge in [0.15, 0.2) is 5.13 Å². The molecular weight excluding hydrogens is 474 g/mol. The zero-order valence-corrected chi connectivity index (χ0v) is 21.3. The Labute approximate surface area is 214 Å². The molecule has 6 rings (SSSR count). The molecule has 0 amide bonds. The predicted molar refractivity (Wildman–Crippen MR) is 143 cm³/mol. The van der Waals surface area contributed by atoms with Crippen molar-refractivity contribution in [1.29, 1.82) is 0 Å². The van der Waals surface area contributed by atoms with Gasteiger partial charge in [-0.2, -0.15) is 0 Å². The van der Waals surface area contributed by atoms with Gasteiger partial charge in [0.25, 0.3) is 0 Å². The summed E-state index contributed by atoms with van der Waals surface area (Å²) in [6.07, 6.45) is 5.74. The standard InChI is InChI=1S/C27H33N5O3S/c33-25-4-2-1-3-21(25)29-27-30-22-7-5-19(15-26(22)36-27)17-32-18-28-23-16-20(6-8-24(23)32)35-14-11-31-9-12-34-13-10-31/h5-8,15-16,18,21,25,33H,1-4,9-14,17H2,(H,29,30). The van der Waals surface area contributed by atoms with E-state index in [2.05, 4.69) is 44.0 Å². The van der Waals surface area contributed by atoms with Gasteiger partial charge < -0.3 is 24.5 Å². The van der Waals surface area contributed by atoms with Gasteiger partial charge in [0.05, 0.1) is 52.9 Å². The Morgan fingerprint density at radius 2 is 1.97 bits per heavy atom. The summed E-state index contributed by atoms with van der Waals surface area (Å²) in [5.41, 5.74) is 4.23. The molecule has 0 bridgehead atoms. The van der Waals surface area contributed by atoms with Gasteiger partial charge >= 0.3 is 0 Å². The highest BCUT2D eigenvalue weighted by Crippen LogP contribution is 2.30. The third kappa shape index (κ3) is 5.34. The van der Waals surface area contributed by atoms with Crippen molar-refractivity contribution in [1.82, 2.24) is 19.4 Å². The molecule has 3 heterocycles. The lowest BCUT2D eigenvalue weighted by Crippen LogP contribution is -2.38. The summed E-state index contributed by atoms with van der Waals surface area (Å²) in [6.45, 7) is 5.88. The first-order chi connectivity index (χ1) is 17.7. The zero-order valence-electron chi connectivity index (χ0n) is 20.4. The van der Waals surface area contributed by atoms with Crippen molar-refractivity contribution in [3.63, 3.8) is 0 Å². The maximum atomic E-state index is 10.3. The Hall–Kier alpha value is -2.72. The molecule has 1 saturated heterocycles. The van der Waals surface area contributed by atoms with E-state index in [1.807, 2.05) is 18.5 Å². The minimum absolute atomic E-state index is 0.101. The number of imidazole rings is 1.